The van der Waals surface area contributed by atoms with Crippen LogP contribution in [-0.4, -0.2) is 42.8 Å². The van der Waals surface area contributed by atoms with E-state index < -0.39 is 0 Å². The Hall–Kier alpha value is -1.65. The van der Waals surface area contributed by atoms with Crippen molar-refractivity contribution in [1.29, 1.82) is 0 Å². The maximum Gasteiger partial charge on any atom is 0.251 e. The number of hydrogen-bond acceptors (Lipinski definition) is 3. The Labute approximate surface area is 212 Å². The Morgan fingerprint density at radius 3 is 2.66 bits per heavy atom. The summed E-state index contributed by atoms with van der Waals surface area (Å²) in [6.07, 6.45) is 8.62. The van der Waals surface area contributed by atoms with Gasteiger partial charge in [-0.3, -0.25) is 10.1 Å². The van der Waals surface area contributed by atoms with Crippen LogP contribution in [0.3, 0.4) is 0 Å². The summed E-state index contributed by atoms with van der Waals surface area (Å²) in [5.41, 5.74) is 7.03. The van der Waals surface area contributed by atoms with Gasteiger partial charge in [-0.1, -0.05) is 52.3 Å². The lowest BCUT2D eigenvalue weighted by Gasteiger charge is -2.56. The summed E-state index contributed by atoms with van der Waals surface area (Å²) in [5.74, 6) is 1.38. The number of amides is 1. The van der Waals surface area contributed by atoms with Gasteiger partial charge in [0.2, 0.25) is 0 Å². The van der Waals surface area contributed by atoms with Crippen LogP contribution in [0.25, 0.3) is 0 Å². The average Bonchev–Trinajstić information content (AvgIpc) is 3.41. The molecular formula is C31H46N2O2. The van der Waals surface area contributed by atoms with Gasteiger partial charge >= 0.3 is 0 Å². The fourth-order valence-corrected chi connectivity index (χ4v) is 8.00. The van der Waals surface area contributed by atoms with Crippen LogP contribution in [0.1, 0.15) is 103 Å². The first-order valence-electron chi connectivity index (χ1n) is 14.1. The molecule has 35 heavy (non-hydrogen) atoms. The SMILES string of the molecule is CC1=C(C)[C@H](NC[C@@H]2CCCO2)N(C[C@]2(C)CCC[C@]3(C)c4ccc(C(C)C)cc4CC[C@@H]23)C1=O. The van der Waals surface area contributed by atoms with Gasteiger partial charge in [-0.05, 0) is 97.3 Å². The normalized spacial score (nSPS) is 35.1. The number of nitrogens with one attached hydrogen (secondary N) is 1. The summed E-state index contributed by atoms with van der Waals surface area (Å²) in [7, 11) is 0. The molecule has 4 heteroatoms. The largest absolute Gasteiger partial charge is 0.377 e. The first-order valence-corrected chi connectivity index (χ1v) is 14.1. The lowest BCUT2D eigenvalue weighted by molar-refractivity contribution is -0.131. The van der Waals surface area contributed by atoms with Crippen LogP contribution in [0.15, 0.2) is 29.3 Å². The van der Waals surface area contributed by atoms with Crippen molar-refractivity contribution in [2.75, 3.05) is 19.7 Å². The van der Waals surface area contributed by atoms with Crippen molar-refractivity contribution < 1.29 is 9.53 Å². The predicted octanol–water partition coefficient (Wildman–Crippen LogP) is 6.09. The van der Waals surface area contributed by atoms with Crippen molar-refractivity contribution in [1.82, 2.24) is 10.2 Å². The van der Waals surface area contributed by atoms with E-state index >= 15 is 0 Å². The molecule has 4 aliphatic rings. The maximum atomic E-state index is 13.5. The molecular weight excluding hydrogens is 432 g/mol. The number of carbonyl (C=O) groups is 1. The molecule has 0 unspecified atom stereocenters. The van der Waals surface area contributed by atoms with Gasteiger partial charge in [-0.15, -0.1) is 0 Å². The van der Waals surface area contributed by atoms with Gasteiger partial charge in [0.1, 0.15) is 6.17 Å². The molecule has 2 aliphatic heterocycles. The minimum Gasteiger partial charge on any atom is -0.377 e. The van der Waals surface area contributed by atoms with Gasteiger partial charge in [-0.2, -0.15) is 0 Å². The van der Waals surface area contributed by atoms with Crippen molar-refractivity contribution in [3.63, 3.8) is 0 Å². The lowest BCUT2D eigenvalue weighted by Crippen LogP contribution is -2.57. The Morgan fingerprint density at radius 2 is 1.94 bits per heavy atom. The number of benzene rings is 1. The first-order chi connectivity index (χ1) is 16.6. The molecule has 0 bridgehead atoms. The molecule has 0 aromatic heterocycles. The highest BCUT2D eigenvalue weighted by molar-refractivity contribution is 5.97. The zero-order valence-corrected chi connectivity index (χ0v) is 22.9. The number of ether oxygens (including phenoxy) is 1. The van der Waals surface area contributed by atoms with Gasteiger partial charge in [0.25, 0.3) is 5.91 Å². The van der Waals surface area contributed by atoms with Crippen LogP contribution >= 0.6 is 0 Å². The zero-order chi connectivity index (χ0) is 25.0. The van der Waals surface area contributed by atoms with Crippen LogP contribution in [0.4, 0.5) is 0 Å². The highest BCUT2D eigenvalue weighted by Gasteiger charge is 2.53. The van der Waals surface area contributed by atoms with Crippen molar-refractivity contribution in [3.8, 4) is 0 Å². The van der Waals surface area contributed by atoms with Gasteiger partial charge in [0, 0.05) is 25.3 Å². The molecule has 1 N–H and O–H groups in total. The minimum absolute atomic E-state index is 0.00110. The summed E-state index contributed by atoms with van der Waals surface area (Å²) in [4.78, 5) is 15.6. The molecule has 2 heterocycles. The van der Waals surface area contributed by atoms with E-state index in [1.54, 1.807) is 11.1 Å². The molecule has 0 radical (unpaired) electrons. The third-order valence-corrected chi connectivity index (χ3v) is 10.2. The highest BCUT2D eigenvalue weighted by atomic mass is 16.5. The van der Waals surface area contributed by atoms with Crippen LogP contribution < -0.4 is 5.32 Å². The zero-order valence-electron chi connectivity index (χ0n) is 22.9. The monoisotopic (exact) mass is 478 g/mol. The molecule has 1 aromatic rings. The van der Waals surface area contributed by atoms with Crippen molar-refractivity contribution in [3.05, 3.63) is 46.0 Å². The number of hydrogen-bond donors (Lipinski definition) is 1. The Kier molecular flexibility index (Phi) is 6.68. The summed E-state index contributed by atoms with van der Waals surface area (Å²) >= 11 is 0. The molecule has 1 amide bonds. The van der Waals surface area contributed by atoms with Crippen LogP contribution in [-0.2, 0) is 21.4 Å². The highest BCUT2D eigenvalue weighted by Crippen LogP contribution is 2.58. The standard InChI is InChI=1S/C31H46N2O2/c1-20(2)23-10-12-26-24(17-23)11-13-27-30(5,14-8-15-31(26,27)6)19-33-28(21(3)22(4)29(33)34)32-18-25-9-7-16-35-25/h10,12,17,20,25,27-28,32H,7-9,11,13-16,18-19H2,1-6H3/t25-,27-,28+,30-,31+/m0/s1. The number of fused-ring (bicyclic) bond motifs is 3. The number of carbonyl (C=O) groups excluding carboxylic acids is 1. The van der Waals surface area contributed by atoms with E-state index in [1.807, 2.05) is 6.92 Å². The van der Waals surface area contributed by atoms with Crippen LogP contribution in [0, 0.1) is 11.3 Å². The topological polar surface area (TPSA) is 41.6 Å². The Balaban J connectivity index is 1.39. The molecule has 4 nitrogen and oxygen atoms in total. The van der Waals surface area contributed by atoms with Gasteiger partial charge < -0.3 is 9.64 Å². The van der Waals surface area contributed by atoms with Crippen LogP contribution in [0.2, 0.25) is 0 Å². The third-order valence-electron chi connectivity index (χ3n) is 10.2. The predicted molar refractivity (Wildman–Crippen MR) is 143 cm³/mol. The first kappa shape index (κ1) is 25.0. The molecule has 192 valence electrons. The Morgan fingerprint density at radius 1 is 1.14 bits per heavy atom. The molecule has 1 saturated carbocycles. The van der Waals surface area contributed by atoms with Gasteiger partial charge in [-0.25, -0.2) is 0 Å². The average molecular weight is 479 g/mol. The lowest BCUT2D eigenvalue weighted by atomic mass is 9.49. The molecule has 1 saturated heterocycles. The number of rotatable bonds is 6. The second kappa shape index (κ2) is 9.34. The van der Waals surface area contributed by atoms with E-state index in [0.29, 0.717) is 11.8 Å². The van der Waals surface area contributed by atoms with Crippen LogP contribution in [0.5, 0.6) is 0 Å². The molecule has 2 fully saturated rings. The fourth-order valence-electron chi connectivity index (χ4n) is 8.00. The molecule has 5 atom stereocenters. The van der Waals surface area contributed by atoms with E-state index in [9.17, 15) is 4.79 Å². The quantitative estimate of drug-likeness (QED) is 0.538. The Bertz CT molecular complexity index is 1010. The van der Waals surface area contributed by atoms with E-state index in [2.05, 4.69) is 63.0 Å². The number of nitrogens with zero attached hydrogens (tertiary/aromatic N) is 1. The summed E-state index contributed by atoms with van der Waals surface area (Å²) in [5, 5.41) is 3.73. The minimum atomic E-state index is 0.00110. The molecule has 1 aromatic carbocycles. The third kappa shape index (κ3) is 4.29. The summed E-state index contributed by atoms with van der Waals surface area (Å²) in [6.45, 7) is 16.3. The molecule has 0 spiro atoms. The number of aryl methyl sites for hydroxylation is 1. The molecule has 2 aliphatic carbocycles. The van der Waals surface area contributed by atoms with Gasteiger partial charge in [0.05, 0.1) is 6.10 Å². The maximum absolute atomic E-state index is 13.5. The van der Waals surface area contributed by atoms with Crippen molar-refractivity contribution >= 4 is 5.91 Å². The second-order valence-electron chi connectivity index (χ2n) is 12.8. The van der Waals surface area contributed by atoms with Crippen molar-refractivity contribution in [2.24, 2.45) is 11.3 Å². The van der Waals surface area contributed by atoms with Crippen molar-refractivity contribution in [2.45, 2.75) is 110 Å². The second-order valence-corrected chi connectivity index (χ2v) is 12.8. The van der Waals surface area contributed by atoms with E-state index in [0.717, 1.165) is 44.5 Å². The van der Waals surface area contributed by atoms with Gasteiger partial charge in [0.15, 0.2) is 0 Å². The van der Waals surface area contributed by atoms with E-state index in [1.165, 1.54) is 36.8 Å². The summed E-state index contributed by atoms with van der Waals surface area (Å²) in [6, 6.07) is 7.30. The smallest absolute Gasteiger partial charge is 0.251 e. The summed E-state index contributed by atoms with van der Waals surface area (Å²) < 4.78 is 5.86. The molecule has 5 rings (SSSR count). The van der Waals surface area contributed by atoms with E-state index in [4.69, 9.17) is 4.74 Å². The van der Waals surface area contributed by atoms with E-state index in [-0.39, 0.29) is 29.0 Å². The fraction of sp³-hybridized carbons (Fsp3) is 0.710.